The first-order valence-electron chi connectivity index (χ1n) is 5.95. The van der Waals surface area contributed by atoms with Gasteiger partial charge in [-0.15, -0.1) is 10.2 Å². The third-order valence-electron chi connectivity index (χ3n) is 2.44. The van der Waals surface area contributed by atoms with Crippen LogP contribution in [0.4, 0.5) is 14.3 Å². The molecule has 0 aromatic carbocycles. The number of anilines is 1. The monoisotopic (exact) mass is 328 g/mol. The fourth-order valence-electron chi connectivity index (χ4n) is 1.38. The highest BCUT2D eigenvalue weighted by atomic mass is 32.2. The lowest BCUT2D eigenvalue weighted by Gasteiger charge is -2.12. The molecule has 0 bridgehead atoms. The zero-order valence-electron chi connectivity index (χ0n) is 11.4. The maximum atomic E-state index is 13.1. The fraction of sp³-hybridized carbons (Fsp3) is 0.333. The molecule has 0 N–H and O–H groups in total. The van der Waals surface area contributed by atoms with E-state index in [0.29, 0.717) is 22.3 Å². The second kappa shape index (κ2) is 7.32. The van der Waals surface area contributed by atoms with Crippen molar-refractivity contribution in [3.8, 4) is 10.6 Å². The maximum absolute atomic E-state index is 13.1. The van der Waals surface area contributed by atoms with Crippen molar-refractivity contribution in [1.82, 2.24) is 15.2 Å². The molecule has 0 fully saturated rings. The standard InChI is InChI=1S/C12H13FN4O2S2/c1-17(12(18)19-3-4-20-2)11-16-15-10(21-11)8-5-9(13)7-14-6-8/h5-7H,3-4H2,1-2H3. The number of hydrogen-bond acceptors (Lipinski definition) is 7. The summed E-state index contributed by atoms with van der Waals surface area (Å²) in [4.78, 5) is 16.8. The van der Waals surface area contributed by atoms with Gasteiger partial charge in [-0.25, -0.2) is 9.18 Å². The van der Waals surface area contributed by atoms with Gasteiger partial charge in [0.25, 0.3) is 0 Å². The summed E-state index contributed by atoms with van der Waals surface area (Å²) in [7, 11) is 1.55. The minimum Gasteiger partial charge on any atom is -0.448 e. The van der Waals surface area contributed by atoms with Crippen LogP contribution in [-0.2, 0) is 4.74 Å². The Morgan fingerprint density at radius 2 is 2.29 bits per heavy atom. The Morgan fingerprint density at radius 3 is 3.00 bits per heavy atom. The van der Waals surface area contributed by atoms with Crippen LogP contribution in [0.2, 0.25) is 0 Å². The molecule has 0 aliphatic rings. The van der Waals surface area contributed by atoms with Gasteiger partial charge >= 0.3 is 6.09 Å². The van der Waals surface area contributed by atoms with Crippen LogP contribution < -0.4 is 4.90 Å². The molecule has 6 nitrogen and oxygen atoms in total. The highest BCUT2D eigenvalue weighted by molar-refractivity contribution is 7.98. The summed E-state index contributed by atoms with van der Waals surface area (Å²) in [5.74, 6) is 0.282. The Morgan fingerprint density at radius 1 is 1.48 bits per heavy atom. The first kappa shape index (κ1) is 15.6. The normalized spacial score (nSPS) is 10.4. The number of nitrogens with zero attached hydrogens (tertiary/aromatic N) is 4. The van der Waals surface area contributed by atoms with Crippen molar-refractivity contribution in [2.24, 2.45) is 0 Å². The van der Waals surface area contributed by atoms with Gasteiger partial charge in [0.05, 0.1) is 6.20 Å². The minimum absolute atomic E-state index is 0.337. The predicted molar refractivity (Wildman–Crippen MR) is 81.2 cm³/mol. The molecule has 0 aliphatic carbocycles. The molecule has 1 amide bonds. The van der Waals surface area contributed by atoms with Gasteiger partial charge in [-0.2, -0.15) is 11.8 Å². The molecule has 2 aromatic heterocycles. The Balaban J connectivity index is 2.07. The Kier molecular flexibility index (Phi) is 5.45. The maximum Gasteiger partial charge on any atom is 0.415 e. The van der Waals surface area contributed by atoms with Crippen molar-refractivity contribution >= 4 is 34.3 Å². The summed E-state index contributed by atoms with van der Waals surface area (Å²) in [6.07, 6.45) is 4.04. The second-order valence-electron chi connectivity index (χ2n) is 3.95. The van der Waals surface area contributed by atoms with E-state index >= 15 is 0 Å². The van der Waals surface area contributed by atoms with E-state index in [1.165, 1.54) is 17.2 Å². The number of carbonyl (C=O) groups is 1. The van der Waals surface area contributed by atoms with Crippen molar-refractivity contribution < 1.29 is 13.9 Å². The number of hydrogen-bond donors (Lipinski definition) is 0. The molecule has 0 saturated heterocycles. The SMILES string of the molecule is CSCCOC(=O)N(C)c1nnc(-c2cncc(F)c2)s1. The first-order chi connectivity index (χ1) is 10.1. The molecule has 9 heteroatoms. The number of aromatic nitrogens is 3. The quantitative estimate of drug-likeness (QED) is 0.786. The van der Waals surface area contributed by atoms with Gasteiger partial charge in [0.15, 0.2) is 5.01 Å². The van der Waals surface area contributed by atoms with Gasteiger partial charge in [-0.1, -0.05) is 11.3 Å². The number of thioether (sulfide) groups is 1. The van der Waals surface area contributed by atoms with Gasteiger partial charge in [0, 0.05) is 24.6 Å². The van der Waals surface area contributed by atoms with E-state index in [2.05, 4.69) is 15.2 Å². The van der Waals surface area contributed by atoms with Gasteiger partial charge in [0.2, 0.25) is 5.13 Å². The summed E-state index contributed by atoms with van der Waals surface area (Å²) in [6.45, 7) is 0.337. The topological polar surface area (TPSA) is 68.2 Å². The molecule has 0 unspecified atom stereocenters. The summed E-state index contributed by atoms with van der Waals surface area (Å²) >= 11 is 2.75. The fourth-order valence-corrected chi connectivity index (χ4v) is 2.41. The van der Waals surface area contributed by atoms with Crippen molar-refractivity contribution in [1.29, 1.82) is 0 Å². The summed E-state index contributed by atoms with van der Waals surface area (Å²) in [6, 6.07) is 1.31. The highest BCUT2D eigenvalue weighted by Gasteiger charge is 2.17. The van der Waals surface area contributed by atoms with Crippen LogP contribution in [0.5, 0.6) is 0 Å². The van der Waals surface area contributed by atoms with E-state index in [1.807, 2.05) is 6.26 Å². The zero-order chi connectivity index (χ0) is 15.2. The van der Waals surface area contributed by atoms with Crippen LogP contribution in [0, 0.1) is 5.82 Å². The van der Waals surface area contributed by atoms with Crippen LogP contribution in [-0.4, -0.2) is 46.9 Å². The third-order valence-corrected chi connectivity index (χ3v) is 4.06. The van der Waals surface area contributed by atoms with Crippen LogP contribution in [0.1, 0.15) is 0 Å². The molecule has 21 heavy (non-hydrogen) atoms. The lowest BCUT2D eigenvalue weighted by Crippen LogP contribution is -2.27. The van der Waals surface area contributed by atoms with E-state index in [-0.39, 0.29) is 0 Å². The van der Waals surface area contributed by atoms with E-state index in [9.17, 15) is 9.18 Å². The van der Waals surface area contributed by atoms with Crippen LogP contribution >= 0.6 is 23.1 Å². The van der Waals surface area contributed by atoms with E-state index < -0.39 is 11.9 Å². The average molecular weight is 328 g/mol. The molecular weight excluding hydrogens is 315 g/mol. The Labute approximate surface area is 129 Å². The smallest absolute Gasteiger partial charge is 0.415 e. The molecular formula is C12H13FN4O2S2. The number of pyridine rings is 1. The Hall–Kier alpha value is -1.74. The molecule has 0 atom stereocenters. The minimum atomic E-state index is -0.496. The number of ether oxygens (including phenoxy) is 1. The number of rotatable bonds is 5. The molecule has 0 aliphatic heterocycles. The van der Waals surface area contributed by atoms with Crippen LogP contribution in [0.15, 0.2) is 18.5 Å². The third kappa shape index (κ3) is 4.11. The molecule has 2 heterocycles. The Bertz CT molecular complexity index is 623. The molecule has 0 radical (unpaired) electrons. The zero-order valence-corrected chi connectivity index (χ0v) is 13.1. The first-order valence-corrected chi connectivity index (χ1v) is 8.16. The molecule has 2 aromatic rings. The van der Waals surface area contributed by atoms with Gasteiger partial charge < -0.3 is 4.74 Å². The number of amides is 1. The lowest BCUT2D eigenvalue weighted by atomic mass is 10.3. The van der Waals surface area contributed by atoms with Gasteiger partial charge in [-0.05, 0) is 12.3 Å². The van der Waals surface area contributed by atoms with Crippen LogP contribution in [0.25, 0.3) is 10.6 Å². The number of halogens is 1. The second-order valence-corrected chi connectivity index (χ2v) is 5.89. The number of carbonyl (C=O) groups excluding carboxylic acids is 1. The lowest BCUT2D eigenvalue weighted by molar-refractivity contribution is 0.162. The van der Waals surface area contributed by atoms with Crippen molar-refractivity contribution in [3.05, 3.63) is 24.3 Å². The van der Waals surface area contributed by atoms with Crippen LogP contribution in [0.3, 0.4) is 0 Å². The molecule has 0 saturated carbocycles. The predicted octanol–water partition coefficient (Wildman–Crippen LogP) is 2.68. The van der Waals surface area contributed by atoms with E-state index in [1.54, 1.807) is 18.8 Å². The van der Waals surface area contributed by atoms with Gasteiger partial charge in [-0.3, -0.25) is 9.88 Å². The summed E-state index contributed by atoms with van der Waals surface area (Å²) in [5.41, 5.74) is 0.517. The molecule has 112 valence electrons. The van der Waals surface area contributed by atoms with E-state index in [0.717, 1.165) is 23.3 Å². The molecule has 0 spiro atoms. The van der Waals surface area contributed by atoms with Crippen molar-refractivity contribution in [2.75, 3.05) is 30.6 Å². The summed E-state index contributed by atoms with van der Waals surface area (Å²) < 4.78 is 18.2. The molecule has 2 rings (SSSR count). The largest absolute Gasteiger partial charge is 0.448 e. The van der Waals surface area contributed by atoms with Crippen molar-refractivity contribution in [2.45, 2.75) is 0 Å². The van der Waals surface area contributed by atoms with E-state index in [4.69, 9.17) is 4.74 Å². The average Bonchev–Trinajstić information content (AvgIpc) is 2.96. The van der Waals surface area contributed by atoms with Crippen molar-refractivity contribution in [3.63, 3.8) is 0 Å². The highest BCUT2D eigenvalue weighted by Crippen LogP contribution is 2.28. The summed E-state index contributed by atoms with van der Waals surface area (Å²) in [5, 5.41) is 8.71. The van der Waals surface area contributed by atoms with Gasteiger partial charge in [0.1, 0.15) is 12.4 Å².